The molecule has 1 amide bonds. The van der Waals surface area contributed by atoms with Gasteiger partial charge in [-0.05, 0) is 36.4 Å². The van der Waals surface area contributed by atoms with Crippen molar-refractivity contribution in [3.8, 4) is 17.2 Å². The zero-order valence-corrected chi connectivity index (χ0v) is 18.0. The number of nitrogens with one attached hydrogen (secondary N) is 2. The van der Waals surface area contributed by atoms with E-state index in [4.69, 9.17) is 18.9 Å². The van der Waals surface area contributed by atoms with Gasteiger partial charge in [-0.2, -0.15) is 0 Å². The summed E-state index contributed by atoms with van der Waals surface area (Å²) >= 11 is 0. The molecule has 0 saturated heterocycles. The molecule has 2 aromatic carbocycles. The number of carbonyl (C=O) groups excluding carboxylic acids is 1. The zero-order chi connectivity index (χ0) is 22.0. The molecule has 2 N–H and O–H groups in total. The summed E-state index contributed by atoms with van der Waals surface area (Å²) in [5.74, 6) is 1.23. The van der Waals surface area contributed by atoms with Crippen molar-refractivity contribution in [3.63, 3.8) is 0 Å². The molecule has 2 rings (SSSR count). The molecule has 0 aliphatic carbocycles. The van der Waals surface area contributed by atoms with Crippen molar-refractivity contribution >= 4 is 15.9 Å². The van der Waals surface area contributed by atoms with Crippen molar-refractivity contribution in [2.24, 2.45) is 0 Å². The lowest BCUT2D eigenvalue weighted by atomic mass is 10.1. The Kier molecular flexibility index (Phi) is 8.90. The SMILES string of the molecule is COCCNS(=O)(=O)c1ccc(OCC(=O)NCc2c(OC)cccc2OC)cc1. The predicted octanol–water partition coefficient (Wildman–Crippen LogP) is 1.32. The average molecular weight is 439 g/mol. The van der Waals surface area contributed by atoms with Crippen LogP contribution >= 0.6 is 0 Å². The molecule has 0 aliphatic rings. The van der Waals surface area contributed by atoms with E-state index >= 15 is 0 Å². The van der Waals surface area contributed by atoms with Crippen molar-refractivity contribution in [1.82, 2.24) is 10.0 Å². The third-order valence-corrected chi connectivity index (χ3v) is 5.57. The number of sulfonamides is 1. The van der Waals surface area contributed by atoms with E-state index < -0.39 is 10.0 Å². The van der Waals surface area contributed by atoms with Crippen LogP contribution in [0.3, 0.4) is 0 Å². The van der Waals surface area contributed by atoms with Crippen LogP contribution in [0.15, 0.2) is 47.4 Å². The largest absolute Gasteiger partial charge is 0.496 e. The number of amides is 1. The summed E-state index contributed by atoms with van der Waals surface area (Å²) in [4.78, 5) is 12.2. The van der Waals surface area contributed by atoms with E-state index in [-0.39, 0.29) is 37.1 Å². The lowest BCUT2D eigenvalue weighted by Gasteiger charge is -2.14. The number of rotatable bonds is 12. The maximum atomic E-state index is 12.1. The van der Waals surface area contributed by atoms with Crippen LogP contribution in [-0.2, 0) is 26.1 Å². The molecular weight excluding hydrogens is 412 g/mol. The molecule has 0 radical (unpaired) electrons. The maximum Gasteiger partial charge on any atom is 0.258 e. The van der Waals surface area contributed by atoms with Crippen LogP contribution in [-0.4, -0.2) is 55.4 Å². The number of benzene rings is 2. The van der Waals surface area contributed by atoms with Gasteiger partial charge < -0.3 is 24.3 Å². The number of hydrogen-bond donors (Lipinski definition) is 2. The quantitative estimate of drug-likeness (QED) is 0.481. The highest BCUT2D eigenvalue weighted by Gasteiger charge is 2.14. The van der Waals surface area contributed by atoms with Gasteiger partial charge in [0.15, 0.2) is 6.61 Å². The summed E-state index contributed by atoms with van der Waals surface area (Å²) in [6, 6.07) is 11.1. The van der Waals surface area contributed by atoms with Gasteiger partial charge in [0.1, 0.15) is 17.2 Å². The molecule has 0 bridgehead atoms. The second-order valence-electron chi connectivity index (χ2n) is 6.07. The Morgan fingerprint density at radius 2 is 1.60 bits per heavy atom. The molecule has 9 nitrogen and oxygen atoms in total. The van der Waals surface area contributed by atoms with Crippen LogP contribution in [0, 0.1) is 0 Å². The highest BCUT2D eigenvalue weighted by atomic mass is 32.2. The van der Waals surface area contributed by atoms with Gasteiger partial charge in [-0.15, -0.1) is 0 Å². The Hall–Kier alpha value is -2.82. The Morgan fingerprint density at radius 1 is 0.967 bits per heavy atom. The Morgan fingerprint density at radius 3 is 2.17 bits per heavy atom. The number of methoxy groups -OCH3 is 3. The topological polar surface area (TPSA) is 112 Å². The molecule has 0 heterocycles. The standard InChI is InChI=1S/C20H26N2O7S/c1-26-12-11-22-30(24,25)16-9-7-15(8-10-16)29-14-20(23)21-13-17-18(27-2)5-4-6-19(17)28-3/h4-10,22H,11-14H2,1-3H3,(H,21,23). The van der Waals surface area contributed by atoms with Crippen LogP contribution in [0.25, 0.3) is 0 Å². The van der Waals surface area contributed by atoms with Gasteiger partial charge in [0, 0.05) is 13.7 Å². The molecular formula is C20H26N2O7S. The van der Waals surface area contributed by atoms with Gasteiger partial charge in [0.2, 0.25) is 10.0 Å². The van der Waals surface area contributed by atoms with E-state index in [9.17, 15) is 13.2 Å². The highest BCUT2D eigenvalue weighted by Crippen LogP contribution is 2.27. The van der Waals surface area contributed by atoms with Crippen LogP contribution in [0.2, 0.25) is 0 Å². The third-order valence-electron chi connectivity index (χ3n) is 4.09. The summed E-state index contributed by atoms with van der Waals surface area (Å²) in [7, 11) is 0.952. The second kappa shape index (κ2) is 11.4. The van der Waals surface area contributed by atoms with Crippen molar-refractivity contribution < 1.29 is 32.2 Å². The van der Waals surface area contributed by atoms with E-state index in [0.29, 0.717) is 22.8 Å². The van der Waals surface area contributed by atoms with Crippen LogP contribution in [0.1, 0.15) is 5.56 Å². The second-order valence-corrected chi connectivity index (χ2v) is 7.84. The minimum Gasteiger partial charge on any atom is -0.496 e. The molecule has 0 saturated carbocycles. The van der Waals surface area contributed by atoms with Gasteiger partial charge in [-0.3, -0.25) is 4.79 Å². The first-order valence-corrected chi connectivity index (χ1v) is 10.6. The molecule has 0 fully saturated rings. The normalized spacial score (nSPS) is 11.0. The first-order chi connectivity index (χ1) is 14.4. The van der Waals surface area contributed by atoms with Gasteiger partial charge in [0.25, 0.3) is 5.91 Å². The van der Waals surface area contributed by atoms with Crippen LogP contribution < -0.4 is 24.2 Å². The van der Waals surface area contributed by atoms with Crippen molar-refractivity contribution in [2.75, 3.05) is 41.1 Å². The molecule has 10 heteroatoms. The zero-order valence-electron chi connectivity index (χ0n) is 17.1. The van der Waals surface area contributed by atoms with Crippen LogP contribution in [0.4, 0.5) is 0 Å². The number of ether oxygens (including phenoxy) is 4. The van der Waals surface area contributed by atoms with E-state index in [2.05, 4.69) is 10.0 Å². The fourth-order valence-electron chi connectivity index (χ4n) is 2.57. The highest BCUT2D eigenvalue weighted by molar-refractivity contribution is 7.89. The van der Waals surface area contributed by atoms with Crippen molar-refractivity contribution in [3.05, 3.63) is 48.0 Å². The first-order valence-electron chi connectivity index (χ1n) is 9.09. The van der Waals surface area contributed by atoms with Gasteiger partial charge in [-0.1, -0.05) is 6.07 Å². The smallest absolute Gasteiger partial charge is 0.258 e. The first kappa shape index (κ1) is 23.5. The third kappa shape index (κ3) is 6.61. The molecule has 0 aliphatic heterocycles. The fourth-order valence-corrected chi connectivity index (χ4v) is 3.58. The lowest BCUT2D eigenvalue weighted by molar-refractivity contribution is -0.123. The lowest BCUT2D eigenvalue weighted by Crippen LogP contribution is -2.29. The molecule has 2 aromatic rings. The summed E-state index contributed by atoms with van der Waals surface area (Å²) in [5, 5.41) is 2.74. The Bertz CT molecular complexity index is 908. The number of hydrogen-bond acceptors (Lipinski definition) is 7. The van der Waals surface area contributed by atoms with Gasteiger partial charge >= 0.3 is 0 Å². The molecule has 0 spiro atoms. The molecule has 30 heavy (non-hydrogen) atoms. The minimum atomic E-state index is -3.62. The van der Waals surface area contributed by atoms with E-state index in [0.717, 1.165) is 0 Å². The number of carbonyl (C=O) groups is 1. The predicted molar refractivity (Wildman–Crippen MR) is 110 cm³/mol. The van der Waals surface area contributed by atoms with E-state index in [1.807, 2.05) is 0 Å². The molecule has 0 atom stereocenters. The fraction of sp³-hybridized carbons (Fsp3) is 0.350. The van der Waals surface area contributed by atoms with Crippen molar-refractivity contribution in [1.29, 1.82) is 0 Å². The molecule has 0 unspecified atom stereocenters. The average Bonchev–Trinajstić information content (AvgIpc) is 2.76. The van der Waals surface area contributed by atoms with Crippen molar-refractivity contribution in [2.45, 2.75) is 11.4 Å². The summed E-state index contributed by atoms with van der Waals surface area (Å²) in [5.41, 5.74) is 0.714. The van der Waals surface area contributed by atoms with E-state index in [1.165, 1.54) is 31.4 Å². The minimum absolute atomic E-state index is 0.0960. The molecule has 164 valence electrons. The van der Waals surface area contributed by atoms with Crippen LogP contribution in [0.5, 0.6) is 17.2 Å². The van der Waals surface area contributed by atoms with E-state index in [1.54, 1.807) is 32.4 Å². The summed E-state index contributed by atoms with van der Waals surface area (Å²) < 4.78 is 47.5. The van der Waals surface area contributed by atoms with Gasteiger partial charge in [-0.25, -0.2) is 13.1 Å². The maximum absolute atomic E-state index is 12.1. The van der Waals surface area contributed by atoms with Gasteiger partial charge in [0.05, 0.1) is 37.8 Å². The monoisotopic (exact) mass is 438 g/mol. The Labute approximate surface area is 176 Å². The Balaban J connectivity index is 1.88. The molecule has 0 aromatic heterocycles. The summed E-state index contributed by atoms with van der Waals surface area (Å²) in [6.45, 7) is 0.430. The summed E-state index contributed by atoms with van der Waals surface area (Å²) in [6.07, 6.45) is 0.